The summed E-state index contributed by atoms with van der Waals surface area (Å²) >= 11 is 0. The molecule has 0 radical (unpaired) electrons. The molecular formula is C18H22N4O3. The first-order valence-corrected chi connectivity index (χ1v) is 7.97. The number of nitrogens with zero attached hydrogens (tertiary/aromatic N) is 2. The van der Waals surface area contributed by atoms with Gasteiger partial charge in [-0.25, -0.2) is 10.2 Å². The average molecular weight is 342 g/mol. The summed E-state index contributed by atoms with van der Waals surface area (Å²) in [5, 5.41) is 7.43. The van der Waals surface area contributed by atoms with Crippen molar-refractivity contribution >= 4 is 29.1 Å². The molecule has 0 saturated heterocycles. The summed E-state index contributed by atoms with van der Waals surface area (Å²) in [4.78, 5) is 27.4. The standard InChI is InChI=1S/C18H22N4O3/c1-18(2,3)25-17(24)20-10-8-16(23)22-21-12-13-6-7-15-14(11-13)5-4-9-19-15/h4-7,9,11-12H,8,10H2,1-3H3,(H,20,24)(H,22,23)/b21-12-. The smallest absolute Gasteiger partial charge is 0.407 e. The first kappa shape index (κ1) is 18.4. The molecule has 0 aliphatic heterocycles. The number of pyridine rings is 1. The normalized spacial score (nSPS) is 11.5. The van der Waals surface area contributed by atoms with Crippen LogP contribution in [-0.2, 0) is 9.53 Å². The van der Waals surface area contributed by atoms with Gasteiger partial charge in [0, 0.05) is 24.5 Å². The SMILES string of the molecule is CC(C)(C)OC(=O)NCCC(=O)N/N=C\c1ccc2ncccc2c1. The van der Waals surface area contributed by atoms with Crippen LogP contribution in [-0.4, -0.2) is 35.3 Å². The van der Waals surface area contributed by atoms with Crippen LogP contribution in [0.15, 0.2) is 41.6 Å². The number of hydrogen-bond donors (Lipinski definition) is 2. The Bertz CT molecular complexity index is 781. The van der Waals surface area contributed by atoms with Crippen molar-refractivity contribution < 1.29 is 14.3 Å². The number of carbonyl (C=O) groups excluding carboxylic acids is 2. The van der Waals surface area contributed by atoms with Gasteiger partial charge in [0.15, 0.2) is 0 Å². The van der Waals surface area contributed by atoms with Crippen molar-refractivity contribution in [2.75, 3.05) is 6.54 Å². The maximum atomic E-state index is 11.7. The lowest BCUT2D eigenvalue weighted by molar-refractivity contribution is -0.120. The van der Waals surface area contributed by atoms with Crippen LogP contribution in [0, 0.1) is 0 Å². The molecule has 132 valence electrons. The summed E-state index contributed by atoms with van der Waals surface area (Å²) in [6, 6.07) is 9.52. The molecule has 7 nitrogen and oxygen atoms in total. The number of nitrogens with one attached hydrogen (secondary N) is 2. The summed E-state index contributed by atoms with van der Waals surface area (Å²) < 4.78 is 5.08. The van der Waals surface area contributed by atoms with Gasteiger partial charge in [-0.15, -0.1) is 0 Å². The second kappa shape index (κ2) is 8.23. The van der Waals surface area contributed by atoms with Crippen LogP contribution in [0.5, 0.6) is 0 Å². The molecule has 0 saturated carbocycles. The molecule has 0 fully saturated rings. The van der Waals surface area contributed by atoms with E-state index in [0.717, 1.165) is 16.5 Å². The Hall–Kier alpha value is -2.96. The quantitative estimate of drug-likeness (QED) is 0.645. The second-order valence-corrected chi connectivity index (χ2v) is 6.43. The number of rotatable bonds is 5. The fourth-order valence-electron chi connectivity index (χ4n) is 2.00. The molecule has 2 amide bonds. The van der Waals surface area contributed by atoms with E-state index in [9.17, 15) is 9.59 Å². The summed E-state index contributed by atoms with van der Waals surface area (Å²) in [6.07, 6.45) is 2.86. The Morgan fingerprint density at radius 3 is 2.84 bits per heavy atom. The lowest BCUT2D eigenvalue weighted by Gasteiger charge is -2.19. The van der Waals surface area contributed by atoms with Gasteiger partial charge in [0.05, 0.1) is 11.7 Å². The Kier molecular flexibility index (Phi) is 6.05. The number of amides is 2. The molecule has 1 heterocycles. The molecule has 0 bridgehead atoms. The van der Waals surface area contributed by atoms with Crippen molar-refractivity contribution in [2.45, 2.75) is 32.8 Å². The first-order chi connectivity index (χ1) is 11.8. The maximum absolute atomic E-state index is 11.7. The Morgan fingerprint density at radius 2 is 2.08 bits per heavy atom. The van der Waals surface area contributed by atoms with E-state index in [-0.39, 0.29) is 18.9 Å². The van der Waals surface area contributed by atoms with Crippen LogP contribution < -0.4 is 10.7 Å². The van der Waals surface area contributed by atoms with Gasteiger partial charge < -0.3 is 10.1 Å². The predicted octanol–water partition coefficient (Wildman–Crippen LogP) is 2.60. The van der Waals surface area contributed by atoms with Crippen molar-refractivity contribution in [3.63, 3.8) is 0 Å². The first-order valence-electron chi connectivity index (χ1n) is 7.97. The molecule has 2 N–H and O–H groups in total. The molecule has 2 aromatic rings. The zero-order chi connectivity index (χ0) is 18.3. The third-order valence-corrected chi connectivity index (χ3v) is 3.05. The van der Waals surface area contributed by atoms with E-state index in [2.05, 4.69) is 20.8 Å². The number of aromatic nitrogens is 1. The van der Waals surface area contributed by atoms with Crippen LogP contribution in [0.4, 0.5) is 4.79 Å². The number of benzene rings is 1. The monoisotopic (exact) mass is 342 g/mol. The molecule has 1 aromatic heterocycles. The fourth-order valence-corrected chi connectivity index (χ4v) is 2.00. The minimum atomic E-state index is -0.563. The van der Waals surface area contributed by atoms with Gasteiger partial charge in [0.25, 0.3) is 0 Å². The largest absolute Gasteiger partial charge is 0.444 e. The van der Waals surface area contributed by atoms with Crippen LogP contribution in [0.25, 0.3) is 10.9 Å². The van der Waals surface area contributed by atoms with Gasteiger partial charge >= 0.3 is 6.09 Å². The minimum absolute atomic E-state index is 0.109. The van der Waals surface area contributed by atoms with E-state index in [1.54, 1.807) is 33.2 Å². The fraction of sp³-hybridized carbons (Fsp3) is 0.333. The van der Waals surface area contributed by atoms with Crippen molar-refractivity contribution in [1.82, 2.24) is 15.7 Å². The van der Waals surface area contributed by atoms with Crippen LogP contribution >= 0.6 is 0 Å². The molecule has 2 rings (SSSR count). The number of carbonyl (C=O) groups is 2. The van der Waals surface area contributed by atoms with E-state index in [1.165, 1.54) is 0 Å². The maximum Gasteiger partial charge on any atom is 0.407 e. The van der Waals surface area contributed by atoms with E-state index in [0.29, 0.717) is 0 Å². The van der Waals surface area contributed by atoms with Crippen LogP contribution in [0.1, 0.15) is 32.8 Å². The van der Waals surface area contributed by atoms with Crippen molar-refractivity contribution in [3.8, 4) is 0 Å². The van der Waals surface area contributed by atoms with Crippen molar-refractivity contribution in [3.05, 3.63) is 42.1 Å². The van der Waals surface area contributed by atoms with Crippen molar-refractivity contribution in [1.29, 1.82) is 0 Å². The molecule has 0 spiro atoms. The minimum Gasteiger partial charge on any atom is -0.444 e. The zero-order valence-electron chi connectivity index (χ0n) is 14.6. The predicted molar refractivity (Wildman–Crippen MR) is 96.3 cm³/mol. The molecular weight excluding hydrogens is 320 g/mol. The van der Waals surface area contributed by atoms with E-state index in [1.807, 2.05) is 30.3 Å². The van der Waals surface area contributed by atoms with Gasteiger partial charge in [0.1, 0.15) is 5.60 Å². The number of hydrogen-bond acceptors (Lipinski definition) is 5. The van der Waals surface area contributed by atoms with E-state index in [4.69, 9.17) is 4.74 Å². The highest BCUT2D eigenvalue weighted by molar-refractivity contribution is 5.89. The summed E-state index contributed by atoms with van der Waals surface area (Å²) in [5.74, 6) is -0.297. The number of ether oxygens (including phenoxy) is 1. The van der Waals surface area contributed by atoms with Crippen LogP contribution in [0.3, 0.4) is 0 Å². The summed E-state index contributed by atoms with van der Waals surface area (Å²) in [5.41, 5.74) is 3.61. The Labute approximate surface area is 146 Å². The van der Waals surface area contributed by atoms with E-state index >= 15 is 0 Å². The highest BCUT2D eigenvalue weighted by atomic mass is 16.6. The molecule has 25 heavy (non-hydrogen) atoms. The molecule has 0 atom stereocenters. The third kappa shape index (κ3) is 6.58. The number of alkyl carbamates (subject to hydrolysis) is 1. The lowest BCUT2D eigenvalue weighted by Crippen LogP contribution is -2.34. The third-order valence-electron chi connectivity index (χ3n) is 3.05. The van der Waals surface area contributed by atoms with Crippen molar-refractivity contribution in [2.24, 2.45) is 5.10 Å². The second-order valence-electron chi connectivity index (χ2n) is 6.43. The Morgan fingerprint density at radius 1 is 1.28 bits per heavy atom. The number of fused-ring (bicyclic) bond motifs is 1. The molecule has 0 aliphatic carbocycles. The van der Waals surface area contributed by atoms with Crippen LogP contribution in [0.2, 0.25) is 0 Å². The van der Waals surface area contributed by atoms with Gasteiger partial charge in [-0.1, -0.05) is 12.1 Å². The molecule has 0 unspecified atom stereocenters. The molecule has 0 aliphatic rings. The van der Waals surface area contributed by atoms with Gasteiger partial charge in [-0.05, 0) is 44.5 Å². The highest BCUT2D eigenvalue weighted by Crippen LogP contribution is 2.11. The van der Waals surface area contributed by atoms with E-state index < -0.39 is 11.7 Å². The number of hydrazone groups is 1. The molecule has 1 aromatic carbocycles. The zero-order valence-corrected chi connectivity index (χ0v) is 14.6. The highest BCUT2D eigenvalue weighted by Gasteiger charge is 2.15. The van der Waals surface area contributed by atoms with Gasteiger partial charge in [-0.2, -0.15) is 5.10 Å². The average Bonchev–Trinajstić information content (AvgIpc) is 2.53. The van der Waals surface area contributed by atoms with Gasteiger partial charge in [-0.3, -0.25) is 9.78 Å². The molecule has 7 heteroatoms. The van der Waals surface area contributed by atoms with Gasteiger partial charge in [0.2, 0.25) is 5.91 Å². The summed E-state index contributed by atoms with van der Waals surface area (Å²) in [6.45, 7) is 5.50. The summed E-state index contributed by atoms with van der Waals surface area (Å²) in [7, 11) is 0. The topological polar surface area (TPSA) is 92.7 Å². The lowest BCUT2D eigenvalue weighted by atomic mass is 10.1. The Balaban J connectivity index is 1.75.